The quantitative estimate of drug-likeness (QED) is 0.773. The molecule has 0 saturated heterocycles. The highest BCUT2D eigenvalue weighted by atomic mass is 16.2. The molecular formula is C18H23N5O2. The number of aromatic amines is 1. The predicted molar refractivity (Wildman–Crippen MR) is 95.6 cm³/mol. The van der Waals surface area contributed by atoms with Crippen LogP contribution >= 0.6 is 0 Å². The third kappa shape index (κ3) is 3.56. The van der Waals surface area contributed by atoms with Gasteiger partial charge in [0.25, 0.3) is 11.8 Å². The van der Waals surface area contributed by atoms with Crippen molar-refractivity contribution in [1.29, 1.82) is 0 Å². The lowest BCUT2D eigenvalue weighted by Gasteiger charge is -2.18. The van der Waals surface area contributed by atoms with Crippen molar-refractivity contribution >= 4 is 17.5 Å². The topological polar surface area (TPSA) is 90.1 Å². The third-order valence-corrected chi connectivity index (χ3v) is 4.46. The summed E-state index contributed by atoms with van der Waals surface area (Å²) in [5, 5.41) is 13.2. The van der Waals surface area contributed by atoms with Gasteiger partial charge in [-0.25, -0.2) is 0 Å². The molecule has 0 aliphatic carbocycles. The second kappa shape index (κ2) is 7.48. The lowest BCUT2D eigenvalue weighted by molar-refractivity contribution is 0.0773. The summed E-state index contributed by atoms with van der Waals surface area (Å²) >= 11 is 0. The van der Waals surface area contributed by atoms with Crippen LogP contribution in [0.4, 0.5) is 5.69 Å². The van der Waals surface area contributed by atoms with Crippen LogP contribution in [0.15, 0.2) is 24.3 Å². The fourth-order valence-corrected chi connectivity index (χ4v) is 2.99. The second-order valence-electron chi connectivity index (χ2n) is 5.97. The van der Waals surface area contributed by atoms with Crippen LogP contribution in [0.1, 0.15) is 46.0 Å². The zero-order chi connectivity index (χ0) is 17.8. The van der Waals surface area contributed by atoms with Crippen LogP contribution in [-0.4, -0.2) is 46.5 Å². The molecule has 0 atom stereocenters. The maximum Gasteiger partial charge on any atom is 0.276 e. The Bertz CT molecular complexity index is 762. The minimum atomic E-state index is -0.246. The largest absolute Gasteiger partial charge is 0.339 e. The van der Waals surface area contributed by atoms with Crippen molar-refractivity contribution in [1.82, 2.24) is 20.4 Å². The minimum Gasteiger partial charge on any atom is -0.339 e. The molecule has 1 aliphatic heterocycles. The number of amides is 2. The molecule has 0 spiro atoms. The fraction of sp³-hybridized carbons (Fsp3) is 0.389. The first kappa shape index (κ1) is 17.2. The number of carbonyl (C=O) groups excluding carboxylic acids is 2. The number of carbonyl (C=O) groups is 2. The average molecular weight is 341 g/mol. The van der Waals surface area contributed by atoms with Crippen molar-refractivity contribution in [2.75, 3.05) is 25.0 Å². The third-order valence-electron chi connectivity index (χ3n) is 4.46. The van der Waals surface area contributed by atoms with E-state index in [0.29, 0.717) is 36.6 Å². The first-order chi connectivity index (χ1) is 12.1. The summed E-state index contributed by atoms with van der Waals surface area (Å²) in [6, 6.07) is 6.95. The number of fused-ring (bicyclic) bond motifs is 1. The molecule has 3 N–H and O–H groups in total. The second-order valence-corrected chi connectivity index (χ2v) is 5.97. The summed E-state index contributed by atoms with van der Waals surface area (Å²) in [5.41, 5.74) is 3.62. The number of benzene rings is 1. The van der Waals surface area contributed by atoms with Crippen molar-refractivity contribution in [2.24, 2.45) is 0 Å². The number of anilines is 1. The van der Waals surface area contributed by atoms with Crippen molar-refractivity contribution < 1.29 is 9.59 Å². The van der Waals surface area contributed by atoms with Crippen LogP contribution in [0.3, 0.4) is 0 Å². The zero-order valence-electron chi connectivity index (χ0n) is 14.6. The molecule has 25 heavy (non-hydrogen) atoms. The Balaban J connectivity index is 1.70. The van der Waals surface area contributed by atoms with Gasteiger partial charge < -0.3 is 15.5 Å². The van der Waals surface area contributed by atoms with E-state index < -0.39 is 0 Å². The Hall–Kier alpha value is -2.67. The van der Waals surface area contributed by atoms with Crippen LogP contribution < -0.4 is 10.6 Å². The Morgan fingerprint density at radius 3 is 2.60 bits per heavy atom. The van der Waals surface area contributed by atoms with E-state index in [2.05, 4.69) is 20.8 Å². The molecule has 7 nitrogen and oxygen atoms in total. The van der Waals surface area contributed by atoms with Crippen LogP contribution in [0.25, 0.3) is 0 Å². The van der Waals surface area contributed by atoms with E-state index in [1.165, 1.54) is 0 Å². The Morgan fingerprint density at radius 2 is 1.92 bits per heavy atom. The van der Waals surface area contributed by atoms with E-state index in [-0.39, 0.29) is 11.8 Å². The van der Waals surface area contributed by atoms with E-state index in [0.717, 1.165) is 24.2 Å². The molecule has 7 heteroatoms. The molecule has 3 rings (SSSR count). The van der Waals surface area contributed by atoms with Crippen LogP contribution in [0.2, 0.25) is 0 Å². The summed E-state index contributed by atoms with van der Waals surface area (Å²) in [5.74, 6) is -0.251. The average Bonchev–Trinajstić information content (AvgIpc) is 3.07. The monoisotopic (exact) mass is 341 g/mol. The first-order valence-corrected chi connectivity index (χ1v) is 8.61. The first-order valence-electron chi connectivity index (χ1n) is 8.61. The maximum absolute atomic E-state index is 12.5. The van der Waals surface area contributed by atoms with Gasteiger partial charge in [-0.15, -0.1) is 0 Å². The summed E-state index contributed by atoms with van der Waals surface area (Å²) < 4.78 is 0. The zero-order valence-corrected chi connectivity index (χ0v) is 14.6. The lowest BCUT2D eigenvalue weighted by atomic mass is 10.1. The van der Waals surface area contributed by atoms with Crippen molar-refractivity contribution in [2.45, 2.75) is 26.8 Å². The van der Waals surface area contributed by atoms with Crippen LogP contribution in [0.5, 0.6) is 0 Å². The van der Waals surface area contributed by atoms with E-state index in [9.17, 15) is 9.59 Å². The highest BCUT2D eigenvalue weighted by molar-refractivity contribution is 6.04. The number of nitrogens with one attached hydrogen (secondary N) is 3. The molecular weight excluding hydrogens is 318 g/mol. The van der Waals surface area contributed by atoms with E-state index in [1.807, 2.05) is 13.8 Å². The number of hydrogen-bond acceptors (Lipinski definition) is 4. The number of nitrogens with zero attached hydrogens (tertiary/aromatic N) is 2. The van der Waals surface area contributed by atoms with Gasteiger partial charge in [0.05, 0.1) is 0 Å². The summed E-state index contributed by atoms with van der Waals surface area (Å²) in [6.07, 6.45) is 0.845. The molecule has 2 aromatic rings. The fourth-order valence-electron chi connectivity index (χ4n) is 2.99. The van der Waals surface area contributed by atoms with Gasteiger partial charge in [-0.1, -0.05) is 0 Å². The molecule has 0 unspecified atom stereocenters. The van der Waals surface area contributed by atoms with Gasteiger partial charge in [-0.3, -0.25) is 14.7 Å². The Morgan fingerprint density at radius 1 is 1.20 bits per heavy atom. The normalized spacial score (nSPS) is 13.2. The highest BCUT2D eigenvalue weighted by Gasteiger charge is 2.21. The molecule has 1 aliphatic rings. The molecule has 1 aromatic heterocycles. The van der Waals surface area contributed by atoms with Gasteiger partial charge >= 0.3 is 0 Å². The number of H-pyrrole nitrogens is 1. The molecule has 132 valence electrons. The molecule has 0 fully saturated rings. The SMILES string of the molecule is CCN(CC)C(=O)c1ccc(NC(=O)c2n[nH]c3c2CNCC3)cc1. The molecule has 0 radical (unpaired) electrons. The molecule has 0 bridgehead atoms. The molecule has 2 heterocycles. The number of rotatable bonds is 5. The Labute approximate surface area is 146 Å². The summed E-state index contributed by atoms with van der Waals surface area (Å²) in [7, 11) is 0. The van der Waals surface area contributed by atoms with Crippen molar-refractivity contribution in [3.63, 3.8) is 0 Å². The van der Waals surface area contributed by atoms with Crippen LogP contribution in [-0.2, 0) is 13.0 Å². The minimum absolute atomic E-state index is 0.00433. The standard InChI is InChI=1S/C18H23N5O2/c1-3-23(4-2)18(25)12-5-7-13(8-6-12)20-17(24)16-14-11-19-10-9-15(14)21-22-16/h5-8,19H,3-4,9-11H2,1-2H3,(H,20,24)(H,21,22). The van der Waals surface area contributed by atoms with Gasteiger partial charge in [0, 0.05) is 55.1 Å². The molecule has 2 amide bonds. The Kier molecular flexibility index (Phi) is 5.14. The van der Waals surface area contributed by atoms with E-state index >= 15 is 0 Å². The van der Waals surface area contributed by atoms with Gasteiger partial charge in [-0.2, -0.15) is 5.10 Å². The van der Waals surface area contributed by atoms with E-state index in [1.54, 1.807) is 29.2 Å². The number of hydrogen-bond donors (Lipinski definition) is 3. The maximum atomic E-state index is 12.5. The van der Waals surface area contributed by atoms with Gasteiger partial charge in [0.1, 0.15) is 0 Å². The smallest absolute Gasteiger partial charge is 0.276 e. The van der Waals surface area contributed by atoms with Crippen molar-refractivity contribution in [3.8, 4) is 0 Å². The van der Waals surface area contributed by atoms with Gasteiger partial charge in [0.15, 0.2) is 5.69 Å². The highest BCUT2D eigenvalue weighted by Crippen LogP contribution is 2.18. The number of aromatic nitrogens is 2. The molecule has 1 aromatic carbocycles. The van der Waals surface area contributed by atoms with E-state index in [4.69, 9.17) is 0 Å². The molecule has 0 saturated carbocycles. The predicted octanol–water partition coefficient (Wildman–Crippen LogP) is 1.79. The van der Waals surface area contributed by atoms with Gasteiger partial charge in [0.2, 0.25) is 0 Å². The summed E-state index contributed by atoms with van der Waals surface area (Å²) in [6.45, 7) is 6.78. The summed E-state index contributed by atoms with van der Waals surface area (Å²) in [4.78, 5) is 26.5. The lowest BCUT2D eigenvalue weighted by Crippen LogP contribution is -2.30. The van der Waals surface area contributed by atoms with Gasteiger partial charge in [-0.05, 0) is 38.1 Å². The van der Waals surface area contributed by atoms with Crippen LogP contribution in [0, 0.1) is 0 Å². The van der Waals surface area contributed by atoms with Crippen molar-refractivity contribution in [3.05, 3.63) is 46.8 Å².